The molecular weight excluding hydrogens is 742 g/mol. The summed E-state index contributed by atoms with van der Waals surface area (Å²) < 4.78 is 104. The van der Waals surface area contributed by atoms with Crippen LogP contribution in [-0.2, 0) is 46.2 Å². The average Bonchev–Trinajstić information content (AvgIpc) is 3.69. The molecule has 0 saturated carbocycles. The molecule has 274 valence electrons. The molecule has 0 aliphatic carbocycles. The lowest BCUT2D eigenvalue weighted by Gasteiger charge is -2.26. The van der Waals surface area contributed by atoms with Gasteiger partial charge in [-0.15, -0.1) is 0 Å². The standard InChI is InChI=1S/C24H29F2N7O14P2S/c1-10(2)43-24(36)40-9-50-49(39)42-5-11-14(25)18(22(44-11)33-8-30-16-19(27)28-7-29-20(16)33)46-48(37,38)41-6-12-17(47-49)15(26)21(45-12)32-4-3-13(34)31-23(32)35/h3-4,7-8,10-12,14-15,17-18,21-22H,5-6,9H2,1-2H3,(H,37,38)(H2,27,28,29)(H,31,34,35)/t11-,12-,14-,15-,17?,18-,21-,22-,49?/m1/s1. The minimum atomic E-state index is -5.27. The molecule has 3 unspecified atom stereocenters. The zero-order chi connectivity index (χ0) is 36.0. The van der Waals surface area contributed by atoms with Crippen LogP contribution in [0.3, 0.4) is 0 Å². The minimum absolute atomic E-state index is 0.0338. The Labute approximate surface area is 282 Å². The molecule has 2 bridgehead atoms. The smallest absolute Gasteiger partial charge is 0.432 e. The number of anilines is 1. The van der Waals surface area contributed by atoms with Crippen LogP contribution in [0.25, 0.3) is 11.2 Å². The summed E-state index contributed by atoms with van der Waals surface area (Å²) in [6, 6.07) is 0.903. The third-order valence-electron chi connectivity index (χ3n) is 7.34. The van der Waals surface area contributed by atoms with Crippen LogP contribution in [0.15, 0.2) is 34.5 Å². The van der Waals surface area contributed by atoms with Crippen LogP contribution in [-0.4, -0.2) is 102 Å². The Hall–Kier alpha value is -3.31. The minimum Gasteiger partial charge on any atom is -0.432 e. The number of hydrogen-bond donors (Lipinski definition) is 3. The van der Waals surface area contributed by atoms with Crippen molar-refractivity contribution >= 4 is 49.1 Å². The molecule has 3 aromatic heterocycles. The van der Waals surface area contributed by atoms with E-state index < -0.39 is 106 Å². The number of fused-ring (bicyclic) bond motifs is 4. The summed E-state index contributed by atoms with van der Waals surface area (Å²) in [4.78, 5) is 60.6. The Bertz CT molecular complexity index is 1950. The number of phosphoric ester groups is 1. The molecule has 50 heavy (non-hydrogen) atoms. The van der Waals surface area contributed by atoms with E-state index in [2.05, 4.69) is 15.0 Å². The monoisotopic (exact) mass is 771 g/mol. The van der Waals surface area contributed by atoms with Gasteiger partial charge in [-0.25, -0.2) is 42.5 Å². The highest BCUT2D eigenvalue weighted by Crippen LogP contribution is 2.64. The number of rotatable bonds is 6. The lowest BCUT2D eigenvalue weighted by molar-refractivity contribution is -0.0640. The van der Waals surface area contributed by atoms with Gasteiger partial charge in [-0.05, 0) is 13.8 Å². The van der Waals surface area contributed by atoms with Crippen molar-refractivity contribution in [3.63, 3.8) is 0 Å². The molecule has 10 atom stereocenters. The summed E-state index contributed by atoms with van der Waals surface area (Å²) in [6.45, 7) is -3.55. The van der Waals surface area contributed by atoms with Crippen molar-refractivity contribution in [2.75, 3.05) is 24.9 Å². The molecule has 3 aliphatic rings. The number of aromatic amines is 1. The number of ether oxygens (including phenoxy) is 4. The highest BCUT2D eigenvalue weighted by molar-refractivity contribution is 8.55. The number of aromatic nitrogens is 6. The Balaban J connectivity index is 1.33. The van der Waals surface area contributed by atoms with Gasteiger partial charge >= 0.3 is 26.5 Å². The zero-order valence-electron chi connectivity index (χ0n) is 25.8. The van der Waals surface area contributed by atoms with Gasteiger partial charge in [-0.2, -0.15) is 0 Å². The van der Waals surface area contributed by atoms with Crippen LogP contribution in [0.5, 0.6) is 0 Å². The molecule has 0 radical (unpaired) electrons. The van der Waals surface area contributed by atoms with Crippen molar-refractivity contribution in [1.82, 2.24) is 29.1 Å². The summed E-state index contributed by atoms with van der Waals surface area (Å²) in [7, 11) is -5.27. The molecule has 6 rings (SSSR count). The van der Waals surface area contributed by atoms with E-state index in [1.807, 2.05) is 4.98 Å². The van der Waals surface area contributed by atoms with Crippen LogP contribution in [0.4, 0.5) is 19.4 Å². The maximum Gasteiger partial charge on any atom is 0.509 e. The second-order valence-corrected chi connectivity index (χ2v) is 16.5. The Kier molecular flexibility index (Phi) is 10.5. The van der Waals surface area contributed by atoms with Gasteiger partial charge in [-0.1, -0.05) is 0 Å². The molecule has 0 aromatic carbocycles. The number of nitrogens with zero attached hydrogens (tertiary/aromatic N) is 5. The number of hydrogen-bond acceptors (Lipinski definition) is 18. The third-order valence-corrected chi connectivity index (χ3v) is 11.7. The third kappa shape index (κ3) is 7.64. The number of imidazole rings is 1. The number of nitrogens with two attached hydrogens (primary N) is 1. The quantitative estimate of drug-likeness (QED) is 0.183. The summed E-state index contributed by atoms with van der Waals surface area (Å²) in [5, 5.41) is 0. The maximum absolute atomic E-state index is 16.1. The molecule has 0 spiro atoms. The maximum atomic E-state index is 16.1. The van der Waals surface area contributed by atoms with Crippen LogP contribution in [0.2, 0.25) is 0 Å². The first-order chi connectivity index (χ1) is 23.6. The van der Waals surface area contributed by atoms with E-state index in [-0.39, 0.29) is 28.4 Å². The number of H-pyrrole nitrogens is 1. The summed E-state index contributed by atoms with van der Waals surface area (Å²) >= 11 is 0.243. The van der Waals surface area contributed by atoms with Crippen molar-refractivity contribution in [2.24, 2.45) is 0 Å². The largest absolute Gasteiger partial charge is 0.509 e. The van der Waals surface area contributed by atoms with Crippen molar-refractivity contribution < 1.29 is 64.6 Å². The van der Waals surface area contributed by atoms with E-state index in [0.717, 1.165) is 29.5 Å². The molecule has 0 amide bonds. The molecule has 3 aliphatic heterocycles. The van der Waals surface area contributed by atoms with Crippen molar-refractivity contribution in [1.29, 1.82) is 0 Å². The fourth-order valence-electron chi connectivity index (χ4n) is 5.16. The normalized spacial score (nSPS) is 34.8. The first-order valence-corrected chi connectivity index (χ1v) is 19.2. The highest BCUT2D eigenvalue weighted by atomic mass is 32.7. The number of halogens is 2. The number of nitrogen functional groups attached to an aromatic ring is 1. The van der Waals surface area contributed by atoms with Gasteiger partial charge in [-0.3, -0.25) is 37.0 Å². The zero-order valence-corrected chi connectivity index (χ0v) is 28.4. The summed E-state index contributed by atoms with van der Waals surface area (Å²) in [5.74, 6) is -0.766. The van der Waals surface area contributed by atoms with Crippen molar-refractivity contribution in [3.8, 4) is 0 Å². The second kappa shape index (κ2) is 14.4. The Morgan fingerprint density at radius 1 is 1.08 bits per heavy atom. The molecule has 21 nitrogen and oxygen atoms in total. The first-order valence-electron chi connectivity index (χ1n) is 14.5. The summed E-state index contributed by atoms with van der Waals surface area (Å²) in [5.41, 5.74) is 4.10. The number of carbonyl (C=O) groups excluding carboxylic acids is 1. The van der Waals surface area contributed by atoms with E-state index in [4.69, 9.17) is 42.8 Å². The topological polar surface area (TPSA) is 270 Å². The van der Waals surface area contributed by atoms with E-state index in [9.17, 15) is 28.4 Å². The Morgan fingerprint density at radius 2 is 1.82 bits per heavy atom. The van der Waals surface area contributed by atoms with E-state index in [1.165, 1.54) is 0 Å². The number of nitrogens with one attached hydrogen (secondary N) is 1. The lowest BCUT2D eigenvalue weighted by atomic mass is 10.1. The van der Waals surface area contributed by atoms with E-state index in [1.54, 1.807) is 13.8 Å². The average molecular weight is 772 g/mol. The predicted molar refractivity (Wildman–Crippen MR) is 163 cm³/mol. The molecule has 3 aromatic rings. The van der Waals surface area contributed by atoms with Crippen LogP contribution >= 0.6 is 26.0 Å². The highest BCUT2D eigenvalue weighted by Gasteiger charge is 2.55. The molecule has 3 fully saturated rings. The molecule has 26 heteroatoms. The molecular formula is C24H29F2N7O14P2S. The molecule has 3 saturated heterocycles. The molecule has 4 N–H and O–H groups in total. The molecule has 6 heterocycles. The number of phosphoric acid groups is 1. The fraction of sp³-hybridized carbons (Fsp3) is 0.583. The fourth-order valence-corrected chi connectivity index (χ4v) is 8.87. The SMILES string of the molecule is CC(C)OC(=O)OCSP1(=O)OC[C@H]2O[C@@H](n3cnc4c(N)ncnc43)[C@H](OP(=O)(O)OC[C@H]3O[C@@H](n4ccc(=O)[nH]c4=O)[C@H](F)C3O1)[C@@H]2F. The van der Waals surface area contributed by atoms with Gasteiger partial charge < -0.3 is 29.6 Å². The Morgan fingerprint density at radius 3 is 2.56 bits per heavy atom. The van der Waals surface area contributed by atoms with Gasteiger partial charge in [0.2, 0.25) is 0 Å². The second-order valence-electron chi connectivity index (χ2n) is 11.1. The van der Waals surface area contributed by atoms with Crippen molar-refractivity contribution in [2.45, 2.75) is 69.2 Å². The van der Waals surface area contributed by atoms with Crippen LogP contribution in [0.1, 0.15) is 26.3 Å². The number of carbonyl (C=O) groups is 1. The van der Waals surface area contributed by atoms with Gasteiger partial charge in [0.25, 0.3) is 5.56 Å². The van der Waals surface area contributed by atoms with E-state index in [0.29, 0.717) is 4.57 Å². The van der Waals surface area contributed by atoms with Gasteiger partial charge in [0.05, 0.1) is 25.6 Å². The van der Waals surface area contributed by atoms with Gasteiger partial charge in [0.15, 0.2) is 42.2 Å². The van der Waals surface area contributed by atoms with Gasteiger partial charge in [0.1, 0.15) is 36.3 Å². The predicted octanol–water partition coefficient (Wildman–Crippen LogP) is 1.71. The summed E-state index contributed by atoms with van der Waals surface area (Å²) in [6.07, 6.45) is -13.9. The first kappa shape index (κ1) is 36.5. The van der Waals surface area contributed by atoms with Crippen LogP contribution < -0.4 is 17.0 Å². The van der Waals surface area contributed by atoms with Crippen molar-refractivity contribution in [3.05, 3.63) is 45.8 Å². The number of alkyl halides is 2. The van der Waals surface area contributed by atoms with E-state index >= 15 is 8.78 Å². The lowest BCUT2D eigenvalue weighted by Crippen LogP contribution is -2.36. The van der Waals surface area contributed by atoms with Gasteiger partial charge in [0, 0.05) is 23.6 Å². The van der Waals surface area contributed by atoms with Crippen LogP contribution in [0, 0.1) is 0 Å².